The fraction of sp³-hybridized carbons (Fsp3) is 0.357. The largest absolute Gasteiger partial charge is 0.457 e. The van der Waals surface area contributed by atoms with E-state index in [1.807, 2.05) is 54.6 Å². The second-order valence-corrected chi connectivity index (χ2v) is 8.72. The molecule has 33 heavy (non-hydrogen) atoms. The number of benzene rings is 3. The van der Waals surface area contributed by atoms with E-state index in [-0.39, 0.29) is 0 Å². The van der Waals surface area contributed by atoms with E-state index >= 15 is 0 Å². The average molecular weight is 447 g/mol. The van der Waals surface area contributed by atoms with Crippen LogP contribution in [0.1, 0.15) is 29.9 Å². The van der Waals surface area contributed by atoms with E-state index in [0.29, 0.717) is 25.6 Å². The smallest absolute Gasteiger partial charge is 0.127 e. The minimum absolute atomic E-state index is 0.394. The monoisotopic (exact) mass is 446 g/mol. The van der Waals surface area contributed by atoms with Crippen molar-refractivity contribution in [3.63, 3.8) is 0 Å². The lowest BCUT2D eigenvalue weighted by atomic mass is 9.89. The van der Waals surface area contributed by atoms with Gasteiger partial charge in [0.1, 0.15) is 11.5 Å². The van der Waals surface area contributed by atoms with Crippen LogP contribution in [0.4, 0.5) is 5.69 Å². The number of para-hydroxylation sites is 1. The first kappa shape index (κ1) is 23.3. The van der Waals surface area contributed by atoms with Crippen LogP contribution in [0.5, 0.6) is 11.5 Å². The molecule has 3 aromatic rings. The number of likely N-dealkylation sites (tertiary alicyclic amines) is 1. The molecule has 174 valence electrons. The minimum atomic E-state index is -0.394. The quantitative estimate of drug-likeness (QED) is 0.444. The summed E-state index contributed by atoms with van der Waals surface area (Å²) in [5.74, 6) is 2.29. The Morgan fingerprint density at radius 2 is 1.58 bits per heavy atom. The van der Waals surface area contributed by atoms with Gasteiger partial charge in [-0.1, -0.05) is 42.5 Å². The molecule has 1 heterocycles. The van der Waals surface area contributed by atoms with E-state index in [9.17, 15) is 5.11 Å². The second kappa shape index (κ2) is 11.8. The maximum atomic E-state index is 10.5. The van der Waals surface area contributed by atoms with E-state index in [1.165, 1.54) is 5.56 Å². The number of anilines is 1. The molecule has 5 heteroatoms. The molecule has 2 N–H and O–H groups in total. The predicted octanol–water partition coefficient (Wildman–Crippen LogP) is 5.28. The Labute approximate surface area is 197 Å². The van der Waals surface area contributed by atoms with Crippen LogP contribution in [0, 0.1) is 0 Å². The van der Waals surface area contributed by atoms with E-state index in [1.54, 1.807) is 7.11 Å². The topological polar surface area (TPSA) is 54.0 Å². The molecule has 3 aromatic carbocycles. The first-order chi connectivity index (χ1) is 16.2. The third kappa shape index (κ3) is 7.06. The summed E-state index contributed by atoms with van der Waals surface area (Å²) < 4.78 is 11.0. The third-order valence-corrected chi connectivity index (χ3v) is 6.19. The Hall–Kier alpha value is -2.86. The van der Waals surface area contributed by atoms with Crippen molar-refractivity contribution in [3.8, 4) is 11.5 Å². The Bertz CT molecular complexity index is 953. The number of hydrogen-bond donors (Lipinski definition) is 2. The molecule has 0 amide bonds. The van der Waals surface area contributed by atoms with Crippen molar-refractivity contribution in [1.29, 1.82) is 0 Å². The lowest BCUT2D eigenvalue weighted by Crippen LogP contribution is -2.40. The number of nitrogens with zero attached hydrogens (tertiary/aromatic N) is 1. The fourth-order valence-electron chi connectivity index (χ4n) is 4.37. The van der Waals surface area contributed by atoms with Crippen molar-refractivity contribution in [2.45, 2.75) is 31.5 Å². The van der Waals surface area contributed by atoms with Crippen LogP contribution in [0.3, 0.4) is 0 Å². The van der Waals surface area contributed by atoms with Gasteiger partial charge in [-0.05, 0) is 79.4 Å². The summed E-state index contributed by atoms with van der Waals surface area (Å²) in [4.78, 5) is 2.37. The maximum absolute atomic E-state index is 10.5. The third-order valence-electron chi connectivity index (χ3n) is 6.19. The summed E-state index contributed by atoms with van der Waals surface area (Å²) >= 11 is 0. The fourth-order valence-corrected chi connectivity index (χ4v) is 4.37. The summed E-state index contributed by atoms with van der Waals surface area (Å²) in [7, 11) is 1.70. The van der Waals surface area contributed by atoms with E-state index < -0.39 is 6.10 Å². The number of piperidine rings is 1. The van der Waals surface area contributed by atoms with Crippen molar-refractivity contribution >= 4 is 5.69 Å². The van der Waals surface area contributed by atoms with Crippen LogP contribution < -0.4 is 10.1 Å². The minimum Gasteiger partial charge on any atom is -0.457 e. The van der Waals surface area contributed by atoms with Gasteiger partial charge in [-0.3, -0.25) is 0 Å². The number of aliphatic hydroxyl groups is 1. The number of β-amino-alcohol motifs (C(OH)–C–C–N with tert-alkyl or cyclic N) is 1. The van der Waals surface area contributed by atoms with Gasteiger partial charge >= 0.3 is 0 Å². The zero-order valence-electron chi connectivity index (χ0n) is 19.3. The van der Waals surface area contributed by atoms with Crippen LogP contribution >= 0.6 is 0 Å². The van der Waals surface area contributed by atoms with Gasteiger partial charge in [-0.25, -0.2) is 0 Å². The summed E-state index contributed by atoms with van der Waals surface area (Å²) in [6, 6.07) is 26.5. The summed E-state index contributed by atoms with van der Waals surface area (Å²) in [5.41, 5.74) is 3.53. The van der Waals surface area contributed by atoms with Gasteiger partial charge in [0.05, 0.1) is 12.7 Å². The lowest BCUT2D eigenvalue weighted by Gasteiger charge is -2.33. The van der Waals surface area contributed by atoms with Gasteiger partial charge < -0.3 is 24.8 Å². The van der Waals surface area contributed by atoms with Crippen molar-refractivity contribution in [2.75, 3.05) is 38.6 Å². The molecule has 0 aromatic heterocycles. The van der Waals surface area contributed by atoms with Crippen molar-refractivity contribution in [3.05, 3.63) is 90.0 Å². The number of rotatable bonds is 10. The number of ether oxygens (including phenoxy) is 2. The van der Waals surface area contributed by atoms with Gasteiger partial charge in [0, 0.05) is 25.9 Å². The van der Waals surface area contributed by atoms with Gasteiger partial charge in [-0.15, -0.1) is 0 Å². The molecular formula is C28H34N2O3. The maximum Gasteiger partial charge on any atom is 0.127 e. The SMILES string of the molecule is COCc1ccc(NC[C@@H](O)CN2CCC(c3ccc(Oc4ccccc4)cc3)CC2)cc1. The van der Waals surface area contributed by atoms with Crippen molar-refractivity contribution in [2.24, 2.45) is 0 Å². The van der Waals surface area contributed by atoms with Crippen LogP contribution in [-0.4, -0.2) is 49.4 Å². The first-order valence-electron chi connectivity index (χ1n) is 11.7. The molecule has 5 nitrogen and oxygen atoms in total. The van der Waals surface area contributed by atoms with Gasteiger partial charge in [-0.2, -0.15) is 0 Å². The molecule has 1 aliphatic heterocycles. The normalized spacial score (nSPS) is 15.8. The molecule has 0 saturated carbocycles. The van der Waals surface area contributed by atoms with Gasteiger partial charge in [0.15, 0.2) is 0 Å². The highest BCUT2D eigenvalue weighted by Gasteiger charge is 2.22. The molecule has 1 saturated heterocycles. The molecule has 1 fully saturated rings. The Balaban J connectivity index is 1.18. The predicted molar refractivity (Wildman–Crippen MR) is 133 cm³/mol. The molecule has 0 spiro atoms. The van der Waals surface area contributed by atoms with Gasteiger partial charge in [0.25, 0.3) is 0 Å². The Morgan fingerprint density at radius 1 is 0.909 bits per heavy atom. The summed E-state index contributed by atoms with van der Waals surface area (Å²) in [5, 5.41) is 13.8. The number of hydrogen-bond acceptors (Lipinski definition) is 5. The van der Waals surface area contributed by atoms with Crippen molar-refractivity contribution in [1.82, 2.24) is 4.90 Å². The number of aliphatic hydroxyl groups excluding tert-OH is 1. The summed E-state index contributed by atoms with van der Waals surface area (Å²) in [6.07, 6.45) is 1.83. The molecule has 0 unspecified atom stereocenters. The number of nitrogens with one attached hydrogen (secondary N) is 1. The van der Waals surface area contributed by atoms with Crippen LogP contribution in [-0.2, 0) is 11.3 Å². The highest BCUT2D eigenvalue weighted by Crippen LogP contribution is 2.30. The zero-order chi connectivity index (χ0) is 22.9. The summed E-state index contributed by atoms with van der Waals surface area (Å²) in [6.45, 7) is 3.88. The lowest BCUT2D eigenvalue weighted by molar-refractivity contribution is 0.105. The standard InChI is InChI=1S/C28H34N2O3/c1-32-21-22-7-11-25(12-8-22)29-19-26(31)20-30-17-15-24(16-18-30)23-9-13-28(14-10-23)33-27-5-3-2-4-6-27/h2-14,24,26,29,31H,15-21H2,1H3/t26-/m1/s1. The Kier molecular flexibility index (Phi) is 8.36. The van der Waals surface area contributed by atoms with Crippen molar-refractivity contribution < 1.29 is 14.6 Å². The van der Waals surface area contributed by atoms with E-state index in [4.69, 9.17) is 9.47 Å². The molecule has 1 aliphatic rings. The molecule has 0 radical (unpaired) electrons. The molecule has 4 rings (SSSR count). The highest BCUT2D eigenvalue weighted by molar-refractivity contribution is 5.44. The zero-order valence-corrected chi connectivity index (χ0v) is 19.3. The van der Waals surface area contributed by atoms with Crippen LogP contribution in [0.2, 0.25) is 0 Å². The molecule has 1 atom stereocenters. The average Bonchev–Trinajstić information content (AvgIpc) is 2.85. The molecule has 0 bridgehead atoms. The molecule has 0 aliphatic carbocycles. The van der Waals surface area contributed by atoms with E-state index in [0.717, 1.165) is 48.7 Å². The van der Waals surface area contributed by atoms with Crippen LogP contribution in [0.15, 0.2) is 78.9 Å². The Morgan fingerprint density at radius 3 is 2.24 bits per heavy atom. The second-order valence-electron chi connectivity index (χ2n) is 8.72. The van der Waals surface area contributed by atoms with Crippen LogP contribution in [0.25, 0.3) is 0 Å². The first-order valence-corrected chi connectivity index (χ1v) is 11.7. The number of methoxy groups -OCH3 is 1. The molecular weight excluding hydrogens is 412 g/mol. The van der Waals surface area contributed by atoms with E-state index in [2.05, 4.69) is 34.5 Å². The van der Waals surface area contributed by atoms with Gasteiger partial charge in [0.2, 0.25) is 0 Å². The highest BCUT2D eigenvalue weighted by atomic mass is 16.5.